The molecule has 3 aromatic carbocycles. The number of aromatic nitrogens is 4. The molecule has 1 amide bonds. The summed E-state index contributed by atoms with van der Waals surface area (Å²) in [6.45, 7) is 0. The third-order valence-electron chi connectivity index (χ3n) is 5.35. The van der Waals surface area contributed by atoms with Gasteiger partial charge in [0.25, 0.3) is 0 Å². The topological polar surface area (TPSA) is 117 Å². The minimum Gasteiger partial charge on any atom is -0.497 e. The SMILES string of the molecule is COc1ccc(NC(=O)Cc2ccc(Nc3nccc(Nc4cccc5[nH]ncc45)n3)cc2)cc1. The molecule has 0 aliphatic heterocycles. The van der Waals surface area contributed by atoms with Gasteiger partial charge in [-0.25, -0.2) is 4.98 Å². The van der Waals surface area contributed by atoms with Crippen LogP contribution in [-0.4, -0.2) is 33.2 Å². The maximum atomic E-state index is 12.4. The van der Waals surface area contributed by atoms with Gasteiger partial charge in [0.15, 0.2) is 0 Å². The van der Waals surface area contributed by atoms with Crippen molar-refractivity contribution in [3.63, 3.8) is 0 Å². The summed E-state index contributed by atoms with van der Waals surface area (Å²) in [5.74, 6) is 1.76. The Morgan fingerprint density at radius 3 is 2.54 bits per heavy atom. The van der Waals surface area contributed by atoms with Gasteiger partial charge in [-0.15, -0.1) is 0 Å². The van der Waals surface area contributed by atoms with Gasteiger partial charge in [-0.05, 0) is 60.2 Å². The lowest BCUT2D eigenvalue weighted by molar-refractivity contribution is -0.115. The largest absolute Gasteiger partial charge is 0.497 e. The first-order valence-electron chi connectivity index (χ1n) is 11.0. The van der Waals surface area contributed by atoms with Gasteiger partial charge in [0.1, 0.15) is 11.6 Å². The van der Waals surface area contributed by atoms with Crippen LogP contribution in [0, 0.1) is 0 Å². The first kappa shape index (κ1) is 21.9. The predicted molar refractivity (Wildman–Crippen MR) is 136 cm³/mol. The van der Waals surface area contributed by atoms with Gasteiger partial charge in [0, 0.05) is 23.0 Å². The number of amides is 1. The molecule has 0 aliphatic carbocycles. The molecule has 0 saturated heterocycles. The number of methoxy groups -OCH3 is 1. The summed E-state index contributed by atoms with van der Waals surface area (Å²) >= 11 is 0. The van der Waals surface area contributed by atoms with Gasteiger partial charge in [-0.3, -0.25) is 9.89 Å². The van der Waals surface area contributed by atoms with E-state index in [4.69, 9.17) is 4.74 Å². The molecule has 35 heavy (non-hydrogen) atoms. The molecule has 0 unspecified atom stereocenters. The molecule has 0 fully saturated rings. The number of carbonyl (C=O) groups excluding carboxylic acids is 1. The Bertz CT molecular complexity index is 1450. The molecule has 0 saturated carbocycles. The van der Waals surface area contributed by atoms with Crippen LogP contribution in [0.4, 0.5) is 28.8 Å². The Morgan fingerprint density at radius 2 is 1.74 bits per heavy atom. The van der Waals surface area contributed by atoms with Crippen LogP contribution in [0.3, 0.4) is 0 Å². The highest BCUT2D eigenvalue weighted by atomic mass is 16.5. The molecule has 174 valence electrons. The van der Waals surface area contributed by atoms with E-state index in [0.29, 0.717) is 11.8 Å². The maximum Gasteiger partial charge on any atom is 0.229 e. The normalized spacial score (nSPS) is 10.7. The standard InChI is InChI=1S/C26H23N7O2/c1-35-20-11-9-18(10-12-20)29-25(34)15-17-5-7-19(8-6-17)30-26-27-14-13-24(32-26)31-22-3-2-4-23-21(22)16-28-33-23/h2-14,16H,15H2,1H3,(H,28,33)(H,29,34)(H2,27,30,31,32). The van der Waals surface area contributed by atoms with Crippen molar-refractivity contribution in [2.45, 2.75) is 6.42 Å². The molecular formula is C26H23N7O2. The van der Waals surface area contributed by atoms with Crippen LogP contribution in [0.25, 0.3) is 10.9 Å². The number of hydrogen-bond donors (Lipinski definition) is 4. The average Bonchev–Trinajstić information content (AvgIpc) is 3.36. The average molecular weight is 466 g/mol. The van der Waals surface area contributed by atoms with Gasteiger partial charge in [-0.2, -0.15) is 10.1 Å². The first-order chi connectivity index (χ1) is 17.2. The summed E-state index contributed by atoms with van der Waals surface area (Å²) < 4.78 is 5.13. The molecule has 9 nitrogen and oxygen atoms in total. The monoisotopic (exact) mass is 465 g/mol. The molecule has 2 aromatic heterocycles. The predicted octanol–water partition coefficient (Wildman–Crippen LogP) is 5.03. The zero-order chi connectivity index (χ0) is 24.0. The van der Waals surface area contributed by atoms with E-state index in [0.717, 1.165) is 39.3 Å². The van der Waals surface area contributed by atoms with Crippen LogP contribution in [0.1, 0.15) is 5.56 Å². The lowest BCUT2D eigenvalue weighted by atomic mass is 10.1. The fourth-order valence-corrected chi connectivity index (χ4v) is 3.60. The first-order valence-corrected chi connectivity index (χ1v) is 11.0. The number of rotatable bonds is 8. The molecule has 2 heterocycles. The van der Waals surface area contributed by atoms with Crippen molar-refractivity contribution in [2.75, 3.05) is 23.1 Å². The number of aromatic amines is 1. The zero-order valence-corrected chi connectivity index (χ0v) is 18.9. The number of nitrogens with zero attached hydrogens (tertiary/aromatic N) is 3. The van der Waals surface area contributed by atoms with Crippen LogP contribution >= 0.6 is 0 Å². The summed E-state index contributed by atoms with van der Waals surface area (Å²) in [6.07, 6.45) is 3.73. The van der Waals surface area contributed by atoms with Crippen molar-refractivity contribution >= 4 is 45.6 Å². The number of hydrogen-bond acceptors (Lipinski definition) is 7. The Hall–Kier alpha value is -4.92. The van der Waals surface area contributed by atoms with Crippen molar-refractivity contribution in [1.29, 1.82) is 0 Å². The summed E-state index contributed by atoms with van der Waals surface area (Å²) in [6, 6.07) is 22.5. The number of H-pyrrole nitrogens is 1. The highest BCUT2D eigenvalue weighted by Crippen LogP contribution is 2.25. The summed E-state index contributed by atoms with van der Waals surface area (Å²) in [5.41, 5.74) is 4.28. The van der Waals surface area contributed by atoms with Crippen LogP contribution in [0.2, 0.25) is 0 Å². The number of fused-ring (bicyclic) bond motifs is 1. The van der Waals surface area contributed by atoms with Crippen LogP contribution in [0.5, 0.6) is 5.75 Å². The molecule has 0 radical (unpaired) electrons. The Labute approximate surface area is 201 Å². The maximum absolute atomic E-state index is 12.4. The van der Waals surface area contributed by atoms with Crippen molar-refractivity contribution in [1.82, 2.24) is 20.2 Å². The third-order valence-corrected chi connectivity index (χ3v) is 5.35. The van der Waals surface area contributed by atoms with Crippen LogP contribution in [-0.2, 0) is 11.2 Å². The van der Waals surface area contributed by atoms with E-state index in [-0.39, 0.29) is 12.3 Å². The molecule has 0 atom stereocenters. The van der Waals surface area contributed by atoms with Crippen molar-refractivity contribution in [3.8, 4) is 5.75 Å². The van der Waals surface area contributed by atoms with E-state index in [1.165, 1.54) is 0 Å². The minimum absolute atomic E-state index is 0.0920. The fraction of sp³-hybridized carbons (Fsp3) is 0.0769. The molecular weight excluding hydrogens is 442 g/mol. The number of carbonyl (C=O) groups is 1. The van der Waals surface area contributed by atoms with Crippen molar-refractivity contribution in [3.05, 3.63) is 90.8 Å². The molecule has 0 aliphatic rings. The van der Waals surface area contributed by atoms with Crippen molar-refractivity contribution in [2.24, 2.45) is 0 Å². The molecule has 0 bridgehead atoms. The minimum atomic E-state index is -0.0920. The van der Waals surface area contributed by atoms with E-state index in [1.54, 1.807) is 37.7 Å². The Balaban J connectivity index is 1.20. The lowest BCUT2D eigenvalue weighted by Crippen LogP contribution is -2.14. The lowest BCUT2D eigenvalue weighted by Gasteiger charge is -2.10. The van der Waals surface area contributed by atoms with Gasteiger partial charge in [0.2, 0.25) is 11.9 Å². The second kappa shape index (κ2) is 9.92. The number of benzene rings is 3. The smallest absolute Gasteiger partial charge is 0.229 e. The molecule has 0 spiro atoms. The van der Waals surface area contributed by atoms with Crippen LogP contribution < -0.4 is 20.7 Å². The third kappa shape index (κ3) is 5.36. The van der Waals surface area contributed by atoms with Crippen molar-refractivity contribution < 1.29 is 9.53 Å². The molecule has 5 rings (SSSR count). The van der Waals surface area contributed by atoms with Gasteiger partial charge in [-0.1, -0.05) is 18.2 Å². The van der Waals surface area contributed by atoms with E-state index in [1.807, 2.05) is 54.6 Å². The second-order valence-corrected chi connectivity index (χ2v) is 7.80. The van der Waals surface area contributed by atoms with Gasteiger partial charge >= 0.3 is 0 Å². The second-order valence-electron chi connectivity index (χ2n) is 7.80. The summed E-state index contributed by atoms with van der Waals surface area (Å²) in [5, 5.41) is 17.4. The summed E-state index contributed by atoms with van der Waals surface area (Å²) in [7, 11) is 1.61. The molecule has 4 N–H and O–H groups in total. The van der Waals surface area contributed by atoms with Crippen LogP contribution in [0.15, 0.2) is 85.2 Å². The number of ether oxygens (including phenoxy) is 1. The Morgan fingerprint density at radius 1 is 0.943 bits per heavy atom. The highest BCUT2D eigenvalue weighted by Gasteiger charge is 2.07. The van der Waals surface area contributed by atoms with E-state index < -0.39 is 0 Å². The zero-order valence-electron chi connectivity index (χ0n) is 18.9. The highest BCUT2D eigenvalue weighted by molar-refractivity contribution is 5.93. The van der Waals surface area contributed by atoms with E-state index in [2.05, 4.69) is 36.1 Å². The molecule has 9 heteroatoms. The summed E-state index contributed by atoms with van der Waals surface area (Å²) in [4.78, 5) is 21.2. The Kier molecular flexibility index (Phi) is 6.21. The van der Waals surface area contributed by atoms with Gasteiger partial charge in [0.05, 0.1) is 30.9 Å². The number of anilines is 5. The van der Waals surface area contributed by atoms with E-state index in [9.17, 15) is 4.79 Å². The fourth-order valence-electron chi connectivity index (χ4n) is 3.60. The molecule has 5 aromatic rings. The van der Waals surface area contributed by atoms with Gasteiger partial charge < -0.3 is 20.7 Å². The number of nitrogens with one attached hydrogen (secondary N) is 4. The quantitative estimate of drug-likeness (QED) is 0.254. The van der Waals surface area contributed by atoms with E-state index >= 15 is 0 Å².